The Balaban J connectivity index is 2.17. The van der Waals surface area contributed by atoms with Gasteiger partial charge in [0.1, 0.15) is 11.6 Å². The van der Waals surface area contributed by atoms with Crippen molar-refractivity contribution in [1.82, 2.24) is 0 Å². The van der Waals surface area contributed by atoms with E-state index in [9.17, 15) is 9.59 Å². The number of ether oxygens (including phenoxy) is 2. The molecule has 0 atom stereocenters. The van der Waals surface area contributed by atoms with Crippen molar-refractivity contribution in [2.45, 2.75) is 6.92 Å². The van der Waals surface area contributed by atoms with Crippen molar-refractivity contribution >= 4 is 52.8 Å². The van der Waals surface area contributed by atoms with Crippen LogP contribution in [0.15, 0.2) is 42.0 Å². The second-order valence-corrected chi connectivity index (χ2v) is 6.32. The molecule has 0 saturated carbocycles. The molecule has 0 unspecified atom stereocenters. The third-order valence-corrected chi connectivity index (χ3v) is 4.27. The van der Waals surface area contributed by atoms with Crippen molar-refractivity contribution in [2.24, 2.45) is 0 Å². The maximum Gasteiger partial charge on any atom is 0.348 e. The molecule has 0 spiro atoms. The zero-order valence-corrected chi connectivity index (χ0v) is 16.2. The molecule has 0 bridgehead atoms. The van der Waals surface area contributed by atoms with Gasteiger partial charge in [-0.2, -0.15) is 5.26 Å². The quantitative estimate of drug-likeness (QED) is 0.213. The van der Waals surface area contributed by atoms with Crippen molar-refractivity contribution in [3.05, 3.63) is 68.2 Å². The summed E-state index contributed by atoms with van der Waals surface area (Å²) in [7, 11) is 0. The predicted octanol–water partition coefficient (Wildman–Crippen LogP) is 5.34. The van der Waals surface area contributed by atoms with Gasteiger partial charge in [0.25, 0.3) is 0 Å². The lowest BCUT2D eigenvalue weighted by atomic mass is 10.1. The predicted molar refractivity (Wildman–Crippen MR) is 103 cm³/mol. The summed E-state index contributed by atoms with van der Waals surface area (Å²) in [5.74, 6) is -1.29. The van der Waals surface area contributed by atoms with Crippen molar-refractivity contribution in [1.29, 1.82) is 5.26 Å². The lowest BCUT2D eigenvalue weighted by Gasteiger charge is -2.08. The molecule has 0 aromatic heterocycles. The minimum atomic E-state index is -0.710. The number of nitrogens with zero attached hydrogens (tertiary/aromatic N) is 1. The Labute approximate surface area is 170 Å². The molecule has 2 aromatic carbocycles. The van der Waals surface area contributed by atoms with Crippen LogP contribution in [0.1, 0.15) is 22.8 Å². The van der Waals surface area contributed by atoms with E-state index in [4.69, 9.17) is 49.5 Å². The first-order valence-electron chi connectivity index (χ1n) is 7.61. The zero-order valence-electron chi connectivity index (χ0n) is 14.0. The first-order valence-corrected chi connectivity index (χ1v) is 8.74. The smallest absolute Gasteiger partial charge is 0.348 e. The monoisotopic (exact) mass is 423 g/mol. The summed E-state index contributed by atoms with van der Waals surface area (Å²) in [6, 6.07) is 10.6. The second-order valence-electron chi connectivity index (χ2n) is 5.10. The molecule has 8 heteroatoms. The Morgan fingerprint density at radius 2 is 1.70 bits per heavy atom. The average molecular weight is 425 g/mol. The van der Waals surface area contributed by atoms with E-state index in [-0.39, 0.29) is 38.6 Å². The Hall–Kier alpha value is -2.52. The highest BCUT2D eigenvalue weighted by molar-refractivity contribution is 6.43. The van der Waals surface area contributed by atoms with E-state index >= 15 is 0 Å². The zero-order chi connectivity index (χ0) is 20.0. The fraction of sp³-hybridized carbons (Fsp3) is 0.105. The van der Waals surface area contributed by atoms with Gasteiger partial charge in [-0.15, -0.1) is 0 Å². The van der Waals surface area contributed by atoms with Crippen molar-refractivity contribution in [2.75, 3.05) is 6.61 Å². The summed E-state index contributed by atoms with van der Waals surface area (Å²) < 4.78 is 10.0. The molecule has 138 valence electrons. The molecule has 0 saturated heterocycles. The van der Waals surface area contributed by atoms with Crippen LogP contribution in [0.4, 0.5) is 0 Å². The van der Waals surface area contributed by atoms with E-state index < -0.39 is 11.9 Å². The first kappa shape index (κ1) is 20.8. The molecule has 0 fully saturated rings. The van der Waals surface area contributed by atoms with Crippen LogP contribution in [0.3, 0.4) is 0 Å². The van der Waals surface area contributed by atoms with Crippen LogP contribution in [0.25, 0.3) is 6.08 Å². The summed E-state index contributed by atoms with van der Waals surface area (Å²) in [5.41, 5.74) is 0.641. The maximum absolute atomic E-state index is 12.2. The van der Waals surface area contributed by atoms with Gasteiger partial charge in [-0.25, -0.2) is 9.59 Å². The van der Waals surface area contributed by atoms with Crippen LogP contribution in [-0.2, 0) is 9.53 Å². The molecular formula is C19H12Cl3NO4. The molecule has 0 amide bonds. The van der Waals surface area contributed by atoms with Gasteiger partial charge in [0, 0.05) is 6.07 Å². The maximum atomic E-state index is 12.2. The van der Waals surface area contributed by atoms with E-state index in [1.165, 1.54) is 30.3 Å². The Morgan fingerprint density at radius 1 is 1.07 bits per heavy atom. The lowest BCUT2D eigenvalue weighted by Crippen LogP contribution is -2.09. The fourth-order valence-electron chi connectivity index (χ4n) is 1.97. The van der Waals surface area contributed by atoms with E-state index in [1.807, 2.05) is 0 Å². The molecule has 27 heavy (non-hydrogen) atoms. The van der Waals surface area contributed by atoms with E-state index in [1.54, 1.807) is 25.1 Å². The topological polar surface area (TPSA) is 76.4 Å². The van der Waals surface area contributed by atoms with Gasteiger partial charge < -0.3 is 9.47 Å². The third-order valence-electron chi connectivity index (χ3n) is 3.25. The van der Waals surface area contributed by atoms with Gasteiger partial charge in [-0.3, -0.25) is 0 Å². The van der Waals surface area contributed by atoms with Gasteiger partial charge in [0.2, 0.25) is 0 Å². The van der Waals surface area contributed by atoms with E-state index in [2.05, 4.69) is 0 Å². The highest BCUT2D eigenvalue weighted by Crippen LogP contribution is 2.34. The highest BCUT2D eigenvalue weighted by Gasteiger charge is 2.14. The molecule has 0 N–H and O–H groups in total. The van der Waals surface area contributed by atoms with Crippen LogP contribution >= 0.6 is 34.8 Å². The van der Waals surface area contributed by atoms with Gasteiger partial charge in [0.05, 0.1) is 27.2 Å². The molecule has 0 aliphatic carbocycles. The molecular weight excluding hydrogens is 413 g/mol. The summed E-state index contributed by atoms with van der Waals surface area (Å²) in [6.07, 6.45) is 1.36. The number of esters is 2. The third kappa shape index (κ3) is 5.48. The number of benzene rings is 2. The molecule has 0 radical (unpaired) electrons. The van der Waals surface area contributed by atoms with Crippen LogP contribution in [0.5, 0.6) is 5.75 Å². The van der Waals surface area contributed by atoms with Crippen LogP contribution in [0.2, 0.25) is 15.1 Å². The number of halogens is 3. The van der Waals surface area contributed by atoms with Crippen molar-refractivity contribution in [3.63, 3.8) is 0 Å². The van der Waals surface area contributed by atoms with Crippen LogP contribution in [-0.4, -0.2) is 18.5 Å². The molecule has 2 rings (SSSR count). The minimum absolute atomic E-state index is 0.0779. The minimum Gasteiger partial charge on any atom is -0.462 e. The number of hydrogen-bond donors (Lipinski definition) is 0. The molecule has 5 nitrogen and oxygen atoms in total. The lowest BCUT2D eigenvalue weighted by molar-refractivity contribution is -0.137. The van der Waals surface area contributed by atoms with E-state index in [0.29, 0.717) is 5.56 Å². The highest BCUT2D eigenvalue weighted by atomic mass is 35.5. The van der Waals surface area contributed by atoms with Gasteiger partial charge in [-0.1, -0.05) is 46.9 Å². The average Bonchev–Trinajstić information content (AvgIpc) is 2.64. The number of rotatable bonds is 5. The van der Waals surface area contributed by atoms with Gasteiger partial charge >= 0.3 is 11.9 Å². The first-order chi connectivity index (χ1) is 12.8. The SMILES string of the molecule is CCOC(=O)/C(C#N)=C/c1ccc(C(=O)Oc2cc(Cl)c(Cl)cc2Cl)cc1. The standard InChI is InChI=1S/C19H12Cl3NO4/c1-2-26-18(24)13(10-23)7-11-3-5-12(6-4-11)19(25)27-17-9-15(21)14(20)8-16(17)22/h3-9H,2H2,1H3/b13-7+. The largest absolute Gasteiger partial charge is 0.462 e. The van der Waals surface area contributed by atoms with Gasteiger partial charge in [-0.05, 0) is 36.8 Å². The Kier molecular flexibility index (Phi) is 7.26. The Bertz CT molecular complexity index is 947. The molecule has 0 aliphatic rings. The van der Waals surface area contributed by atoms with Crippen molar-refractivity contribution < 1.29 is 19.1 Å². The molecule has 2 aromatic rings. The van der Waals surface area contributed by atoms with Gasteiger partial charge in [0.15, 0.2) is 5.75 Å². The van der Waals surface area contributed by atoms with E-state index in [0.717, 1.165) is 0 Å². The fourth-order valence-corrected chi connectivity index (χ4v) is 2.54. The molecule has 0 heterocycles. The number of carbonyl (C=O) groups excluding carboxylic acids is 2. The summed E-state index contributed by atoms with van der Waals surface area (Å²) >= 11 is 17.7. The second kappa shape index (κ2) is 9.43. The number of carbonyl (C=O) groups is 2. The van der Waals surface area contributed by atoms with Crippen LogP contribution < -0.4 is 4.74 Å². The summed E-state index contributed by atoms with van der Waals surface area (Å²) in [5, 5.41) is 9.62. The number of hydrogen-bond acceptors (Lipinski definition) is 5. The number of nitriles is 1. The normalized spacial score (nSPS) is 10.9. The molecule has 0 aliphatic heterocycles. The van der Waals surface area contributed by atoms with Crippen LogP contribution in [0, 0.1) is 11.3 Å². The van der Waals surface area contributed by atoms with Crippen molar-refractivity contribution in [3.8, 4) is 11.8 Å². The summed E-state index contributed by atoms with van der Waals surface area (Å²) in [6.45, 7) is 1.81. The summed E-state index contributed by atoms with van der Waals surface area (Å²) in [4.78, 5) is 23.9. The Morgan fingerprint density at radius 3 is 2.30 bits per heavy atom.